The molecule has 0 saturated carbocycles. The minimum Gasteiger partial charge on any atom is -0.478 e. The molecule has 1 heterocycles. The highest BCUT2D eigenvalue weighted by molar-refractivity contribution is 5.88. The van der Waals surface area contributed by atoms with Gasteiger partial charge >= 0.3 is 5.97 Å². The zero-order valence-corrected chi connectivity index (χ0v) is 11.1. The monoisotopic (exact) mass is 267 g/mol. The van der Waals surface area contributed by atoms with Gasteiger partial charge in [0.15, 0.2) is 0 Å². The first-order chi connectivity index (χ1) is 8.87. The van der Waals surface area contributed by atoms with E-state index in [2.05, 4.69) is 5.32 Å². The van der Waals surface area contributed by atoms with Gasteiger partial charge in [0.1, 0.15) is 5.82 Å². The average Bonchev–Trinajstić information content (AvgIpc) is 2.30. The maximum atomic E-state index is 13.7. The Morgan fingerprint density at radius 3 is 2.89 bits per heavy atom. The van der Waals surface area contributed by atoms with Crippen LogP contribution in [-0.4, -0.2) is 29.3 Å². The minimum absolute atomic E-state index is 0.0789. The van der Waals surface area contributed by atoms with E-state index in [4.69, 9.17) is 9.84 Å². The molecule has 19 heavy (non-hydrogen) atoms. The average molecular weight is 267 g/mol. The molecular formula is C14H18FNO3. The molecule has 5 heteroatoms. The lowest BCUT2D eigenvalue weighted by Gasteiger charge is -2.36. The third-order valence-corrected chi connectivity index (χ3v) is 3.27. The summed E-state index contributed by atoms with van der Waals surface area (Å²) >= 11 is 0. The Morgan fingerprint density at radius 1 is 1.53 bits per heavy atom. The first-order valence-corrected chi connectivity index (χ1v) is 6.31. The second-order valence-corrected chi connectivity index (χ2v) is 5.44. The Labute approximate surface area is 111 Å². The fourth-order valence-corrected chi connectivity index (χ4v) is 2.34. The Balaban J connectivity index is 2.14. The molecule has 2 N–H and O–H groups in total. The SMILES string of the molecule is CC1(C)CC(Nc2cc(C(=O)O)ccc2F)CCO1. The topological polar surface area (TPSA) is 58.6 Å². The second kappa shape index (κ2) is 5.17. The molecule has 0 spiro atoms. The van der Waals surface area contributed by atoms with Gasteiger partial charge in [-0.05, 0) is 44.9 Å². The van der Waals surface area contributed by atoms with Gasteiger partial charge in [-0.3, -0.25) is 0 Å². The zero-order valence-electron chi connectivity index (χ0n) is 11.1. The Kier molecular flexibility index (Phi) is 3.75. The van der Waals surface area contributed by atoms with Gasteiger partial charge < -0.3 is 15.2 Å². The van der Waals surface area contributed by atoms with Crippen LogP contribution < -0.4 is 5.32 Å². The van der Waals surface area contributed by atoms with Crippen molar-refractivity contribution in [3.05, 3.63) is 29.6 Å². The highest BCUT2D eigenvalue weighted by Crippen LogP contribution is 2.27. The van der Waals surface area contributed by atoms with Crippen LogP contribution in [0.1, 0.15) is 37.0 Å². The summed E-state index contributed by atoms with van der Waals surface area (Å²) in [5, 5.41) is 12.0. The molecule has 1 aromatic carbocycles. The summed E-state index contributed by atoms with van der Waals surface area (Å²) in [6, 6.07) is 3.86. The van der Waals surface area contributed by atoms with Crippen LogP contribution in [0.25, 0.3) is 0 Å². The number of anilines is 1. The van der Waals surface area contributed by atoms with Crippen LogP contribution in [0, 0.1) is 5.82 Å². The number of ether oxygens (including phenoxy) is 1. The Morgan fingerprint density at radius 2 is 2.26 bits per heavy atom. The molecular weight excluding hydrogens is 249 g/mol. The van der Waals surface area contributed by atoms with E-state index >= 15 is 0 Å². The highest BCUT2D eigenvalue weighted by atomic mass is 19.1. The summed E-state index contributed by atoms with van der Waals surface area (Å²) in [7, 11) is 0. The van der Waals surface area contributed by atoms with Crippen LogP contribution in [0.3, 0.4) is 0 Å². The summed E-state index contributed by atoms with van der Waals surface area (Å²) in [5.74, 6) is -1.50. The van der Waals surface area contributed by atoms with Crippen molar-refractivity contribution in [3.63, 3.8) is 0 Å². The van der Waals surface area contributed by atoms with Crippen molar-refractivity contribution < 1.29 is 19.0 Å². The number of hydrogen-bond donors (Lipinski definition) is 2. The van der Waals surface area contributed by atoms with Gasteiger partial charge in [0, 0.05) is 12.6 Å². The lowest BCUT2D eigenvalue weighted by molar-refractivity contribution is -0.0553. The molecule has 1 aliphatic rings. The molecule has 0 aromatic heterocycles. The van der Waals surface area contributed by atoms with Crippen molar-refractivity contribution in [1.82, 2.24) is 0 Å². The third-order valence-electron chi connectivity index (χ3n) is 3.27. The van der Waals surface area contributed by atoms with Gasteiger partial charge in [0.05, 0.1) is 16.9 Å². The van der Waals surface area contributed by atoms with Gasteiger partial charge in [0.2, 0.25) is 0 Å². The molecule has 0 aliphatic carbocycles. The molecule has 1 atom stereocenters. The summed E-state index contributed by atoms with van der Waals surface area (Å²) in [5.41, 5.74) is 0.0781. The van der Waals surface area contributed by atoms with Crippen molar-refractivity contribution in [3.8, 4) is 0 Å². The number of carbonyl (C=O) groups is 1. The van der Waals surface area contributed by atoms with Crippen molar-refractivity contribution in [2.24, 2.45) is 0 Å². The highest BCUT2D eigenvalue weighted by Gasteiger charge is 2.29. The van der Waals surface area contributed by atoms with E-state index in [0.717, 1.165) is 12.8 Å². The number of benzene rings is 1. The lowest BCUT2D eigenvalue weighted by Crippen LogP contribution is -2.40. The fraction of sp³-hybridized carbons (Fsp3) is 0.500. The van der Waals surface area contributed by atoms with Crippen molar-refractivity contribution >= 4 is 11.7 Å². The molecule has 1 fully saturated rings. The minimum atomic E-state index is -1.06. The standard InChI is InChI=1S/C14H18FNO3/c1-14(2)8-10(5-6-19-14)16-12-7-9(13(17)18)3-4-11(12)15/h3-4,7,10,16H,5-6,8H2,1-2H3,(H,17,18). The predicted molar refractivity (Wildman–Crippen MR) is 70.0 cm³/mol. The van der Waals surface area contributed by atoms with Crippen LogP contribution in [0.2, 0.25) is 0 Å². The predicted octanol–water partition coefficient (Wildman–Crippen LogP) is 2.89. The maximum Gasteiger partial charge on any atom is 0.335 e. The quantitative estimate of drug-likeness (QED) is 0.884. The molecule has 1 unspecified atom stereocenters. The van der Waals surface area contributed by atoms with Crippen molar-refractivity contribution in [2.75, 3.05) is 11.9 Å². The molecule has 2 rings (SSSR count). The van der Waals surface area contributed by atoms with E-state index in [1.807, 2.05) is 13.8 Å². The van der Waals surface area contributed by atoms with Crippen LogP contribution in [-0.2, 0) is 4.74 Å². The van der Waals surface area contributed by atoms with Gasteiger partial charge in [-0.25, -0.2) is 9.18 Å². The molecule has 0 radical (unpaired) electrons. The van der Waals surface area contributed by atoms with Gasteiger partial charge in [-0.1, -0.05) is 0 Å². The van der Waals surface area contributed by atoms with E-state index < -0.39 is 11.8 Å². The molecule has 0 bridgehead atoms. The Bertz CT molecular complexity index is 488. The van der Waals surface area contributed by atoms with Crippen LogP contribution >= 0.6 is 0 Å². The van der Waals surface area contributed by atoms with Gasteiger partial charge in [0.25, 0.3) is 0 Å². The maximum absolute atomic E-state index is 13.7. The largest absolute Gasteiger partial charge is 0.478 e. The molecule has 0 amide bonds. The molecule has 4 nitrogen and oxygen atoms in total. The van der Waals surface area contributed by atoms with E-state index in [0.29, 0.717) is 6.61 Å². The number of rotatable bonds is 3. The van der Waals surface area contributed by atoms with E-state index in [1.165, 1.54) is 18.2 Å². The molecule has 1 aliphatic heterocycles. The van der Waals surface area contributed by atoms with Crippen molar-refractivity contribution in [1.29, 1.82) is 0 Å². The van der Waals surface area contributed by atoms with Crippen LogP contribution in [0.4, 0.5) is 10.1 Å². The summed E-state index contributed by atoms with van der Waals surface area (Å²) in [4.78, 5) is 10.9. The van der Waals surface area contributed by atoms with E-state index in [1.54, 1.807) is 0 Å². The number of halogens is 1. The molecule has 1 saturated heterocycles. The van der Waals surface area contributed by atoms with Gasteiger partial charge in [-0.15, -0.1) is 0 Å². The van der Waals surface area contributed by atoms with E-state index in [9.17, 15) is 9.18 Å². The lowest BCUT2D eigenvalue weighted by atomic mass is 9.93. The summed E-state index contributed by atoms with van der Waals surface area (Å²) in [6.07, 6.45) is 1.53. The third kappa shape index (κ3) is 3.44. The van der Waals surface area contributed by atoms with Crippen molar-refractivity contribution in [2.45, 2.75) is 38.3 Å². The van der Waals surface area contributed by atoms with Crippen LogP contribution in [0.5, 0.6) is 0 Å². The summed E-state index contributed by atoms with van der Waals surface area (Å²) in [6.45, 7) is 4.60. The molecule has 104 valence electrons. The number of hydrogen-bond acceptors (Lipinski definition) is 3. The van der Waals surface area contributed by atoms with Gasteiger partial charge in [-0.2, -0.15) is 0 Å². The number of aromatic carboxylic acids is 1. The summed E-state index contributed by atoms with van der Waals surface area (Å²) < 4.78 is 19.3. The first kappa shape index (κ1) is 13.8. The zero-order chi connectivity index (χ0) is 14.0. The number of carboxylic acid groups (broad SMARTS) is 1. The van der Waals surface area contributed by atoms with E-state index in [-0.39, 0.29) is 22.9 Å². The Hall–Kier alpha value is -1.62. The fourth-order valence-electron chi connectivity index (χ4n) is 2.34. The number of nitrogens with one attached hydrogen (secondary N) is 1. The number of carboxylic acids is 1. The first-order valence-electron chi connectivity index (χ1n) is 6.31. The normalized spacial score (nSPS) is 21.9. The second-order valence-electron chi connectivity index (χ2n) is 5.44. The molecule has 1 aromatic rings. The van der Waals surface area contributed by atoms with Crippen LogP contribution in [0.15, 0.2) is 18.2 Å². The smallest absolute Gasteiger partial charge is 0.335 e.